The number of rotatable bonds is 4. The van der Waals surface area contributed by atoms with Crippen LogP contribution in [0.1, 0.15) is 11.1 Å². The van der Waals surface area contributed by atoms with Gasteiger partial charge in [-0.15, -0.1) is 0 Å². The second-order valence-electron chi connectivity index (χ2n) is 4.37. The fourth-order valence-electron chi connectivity index (χ4n) is 2.14. The van der Waals surface area contributed by atoms with E-state index in [1.54, 1.807) is 24.3 Å². The van der Waals surface area contributed by atoms with Crippen LogP contribution in [0, 0.1) is 11.3 Å². The molecule has 4 heteroatoms. The van der Waals surface area contributed by atoms with E-state index in [0.29, 0.717) is 5.56 Å². The lowest BCUT2D eigenvalue weighted by molar-refractivity contribution is 0.0723. The summed E-state index contributed by atoms with van der Waals surface area (Å²) >= 11 is 0. The quantitative estimate of drug-likeness (QED) is 0.895. The SMILES string of the molecule is CNc1ccc(C(C#N)(OC)c2ccc(O)cc2)cc1. The molecule has 0 spiro atoms. The maximum Gasteiger partial charge on any atom is 0.205 e. The molecule has 4 nitrogen and oxygen atoms in total. The number of nitriles is 1. The first kappa shape index (κ1) is 13.9. The average molecular weight is 268 g/mol. The third-order valence-corrected chi connectivity index (χ3v) is 3.32. The van der Waals surface area contributed by atoms with Gasteiger partial charge in [0.05, 0.1) is 0 Å². The van der Waals surface area contributed by atoms with Crippen LogP contribution in [0.5, 0.6) is 5.75 Å². The van der Waals surface area contributed by atoms with Crippen molar-refractivity contribution in [3.05, 3.63) is 59.7 Å². The fourth-order valence-corrected chi connectivity index (χ4v) is 2.14. The second-order valence-corrected chi connectivity index (χ2v) is 4.37. The number of nitrogens with zero attached hydrogens (tertiary/aromatic N) is 1. The lowest BCUT2D eigenvalue weighted by Gasteiger charge is -2.26. The number of aromatic hydroxyl groups is 1. The summed E-state index contributed by atoms with van der Waals surface area (Å²) in [6.45, 7) is 0. The van der Waals surface area contributed by atoms with Crippen molar-refractivity contribution in [3.63, 3.8) is 0 Å². The molecular formula is C16H16N2O2. The van der Waals surface area contributed by atoms with Crippen molar-refractivity contribution >= 4 is 5.69 Å². The Hall–Kier alpha value is -2.51. The van der Waals surface area contributed by atoms with E-state index in [-0.39, 0.29) is 5.75 Å². The molecule has 0 aliphatic rings. The van der Waals surface area contributed by atoms with Gasteiger partial charge in [-0.2, -0.15) is 5.26 Å². The molecule has 0 amide bonds. The predicted octanol–water partition coefficient (Wildman–Crippen LogP) is 2.85. The highest BCUT2D eigenvalue weighted by Gasteiger charge is 2.34. The average Bonchev–Trinajstić information content (AvgIpc) is 2.51. The van der Waals surface area contributed by atoms with Gasteiger partial charge in [0.25, 0.3) is 0 Å². The highest BCUT2D eigenvalue weighted by atomic mass is 16.5. The lowest BCUT2D eigenvalue weighted by Crippen LogP contribution is -2.28. The van der Waals surface area contributed by atoms with Gasteiger partial charge in [-0.3, -0.25) is 0 Å². The first-order chi connectivity index (χ1) is 9.66. The molecule has 0 radical (unpaired) electrons. The second kappa shape index (κ2) is 5.64. The molecule has 2 rings (SSSR count). The Kier molecular flexibility index (Phi) is 3.92. The Morgan fingerprint density at radius 1 is 1.05 bits per heavy atom. The van der Waals surface area contributed by atoms with Crippen molar-refractivity contribution < 1.29 is 9.84 Å². The van der Waals surface area contributed by atoms with Crippen molar-refractivity contribution in [2.24, 2.45) is 0 Å². The summed E-state index contributed by atoms with van der Waals surface area (Å²) in [6, 6.07) is 16.2. The lowest BCUT2D eigenvalue weighted by atomic mass is 9.87. The maximum absolute atomic E-state index is 9.63. The smallest absolute Gasteiger partial charge is 0.205 e. The van der Waals surface area contributed by atoms with Crippen molar-refractivity contribution in [2.75, 3.05) is 19.5 Å². The van der Waals surface area contributed by atoms with E-state index in [1.165, 1.54) is 7.11 Å². The monoisotopic (exact) mass is 268 g/mol. The standard InChI is InChI=1S/C16H16N2O2/c1-18-14-7-3-12(4-8-14)16(11-17,20-2)13-5-9-15(19)10-6-13/h3-10,18-19H,1-2H3. The zero-order valence-electron chi connectivity index (χ0n) is 11.4. The molecule has 2 N–H and O–H groups in total. The summed E-state index contributed by atoms with van der Waals surface area (Å²) in [6.07, 6.45) is 0. The number of methoxy groups -OCH3 is 1. The van der Waals surface area contributed by atoms with Gasteiger partial charge in [-0.1, -0.05) is 24.3 Å². The Balaban J connectivity index is 2.53. The van der Waals surface area contributed by atoms with Crippen LogP contribution >= 0.6 is 0 Å². The molecule has 2 aromatic rings. The first-order valence-corrected chi connectivity index (χ1v) is 6.20. The summed E-state index contributed by atoms with van der Waals surface area (Å²) in [5.41, 5.74) is 1.20. The molecule has 0 fully saturated rings. The van der Waals surface area contributed by atoms with Crippen molar-refractivity contribution in [1.82, 2.24) is 0 Å². The van der Waals surface area contributed by atoms with E-state index < -0.39 is 5.60 Å². The van der Waals surface area contributed by atoms with E-state index in [0.717, 1.165) is 11.3 Å². The normalized spacial score (nSPS) is 13.2. The highest BCUT2D eigenvalue weighted by Crippen LogP contribution is 2.34. The number of hydrogen-bond acceptors (Lipinski definition) is 4. The molecule has 20 heavy (non-hydrogen) atoms. The molecule has 2 aromatic carbocycles. The van der Waals surface area contributed by atoms with E-state index in [4.69, 9.17) is 4.74 Å². The summed E-state index contributed by atoms with van der Waals surface area (Å²) in [7, 11) is 3.34. The fraction of sp³-hybridized carbons (Fsp3) is 0.188. The molecule has 0 saturated heterocycles. The van der Waals surface area contributed by atoms with E-state index in [2.05, 4.69) is 11.4 Å². The Labute approximate surface area is 118 Å². The molecule has 0 aliphatic carbocycles. The number of benzene rings is 2. The van der Waals surface area contributed by atoms with E-state index in [9.17, 15) is 10.4 Å². The molecule has 102 valence electrons. The van der Waals surface area contributed by atoms with Crippen LogP contribution in [0.3, 0.4) is 0 Å². The minimum atomic E-state index is -1.18. The van der Waals surface area contributed by atoms with E-state index >= 15 is 0 Å². The Bertz CT molecular complexity index is 614. The number of phenols is 1. The zero-order valence-corrected chi connectivity index (χ0v) is 11.4. The Morgan fingerprint density at radius 2 is 1.55 bits per heavy atom. The van der Waals surface area contributed by atoms with Gasteiger partial charge in [-0.05, 0) is 24.3 Å². The van der Waals surface area contributed by atoms with Gasteiger partial charge in [-0.25, -0.2) is 0 Å². The third kappa shape index (κ3) is 2.31. The van der Waals surface area contributed by atoms with Crippen LogP contribution < -0.4 is 5.32 Å². The van der Waals surface area contributed by atoms with Crippen molar-refractivity contribution in [3.8, 4) is 11.8 Å². The number of ether oxygens (including phenoxy) is 1. The number of hydrogen-bond donors (Lipinski definition) is 2. The number of phenolic OH excluding ortho intramolecular Hbond substituents is 1. The van der Waals surface area contributed by atoms with Gasteiger partial charge < -0.3 is 15.2 Å². The molecule has 1 unspecified atom stereocenters. The van der Waals surface area contributed by atoms with Crippen LogP contribution in [-0.4, -0.2) is 19.3 Å². The summed E-state index contributed by atoms with van der Waals surface area (Å²) < 4.78 is 5.51. The minimum Gasteiger partial charge on any atom is -0.508 e. The van der Waals surface area contributed by atoms with Crippen molar-refractivity contribution in [2.45, 2.75) is 5.60 Å². The van der Waals surface area contributed by atoms with Crippen LogP contribution in [0.4, 0.5) is 5.69 Å². The molecule has 0 heterocycles. The zero-order chi connectivity index (χ0) is 14.6. The molecular weight excluding hydrogens is 252 g/mol. The minimum absolute atomic E-state index is 0.155. The van der Waals surface area contributed by atoms with Gasteiger partial charge in [0.15, 0.2) is 0 Å². The third-order valence-electron chi connectivity index (χ3n) is 3.32. The summed E-state index contributed by atoms with van der Waals surface area (Å²) in [4.78, 5) is 0. The Morgan fingerprint density at radius 3 is 1.95 bits per heavy atom. The van der Waals surface area contributed by atoms with Gasteiger partial charge in [0, 0.05) is 31.0 Å². The van der Waals surface area contributed by atoms with Crippen LogP contribution in [0.15, 0.2) is 48.5 Å². The van der Waals surface area contributed by atoms with Crippen LogP contribution in [0.25, 0.3) is 0 Å². The number of nitrogens with one attached hydrogen (secondary N) is 1. The van der Waals surface area contributed by atoms with Gasteiger partial charge in [0.2, 0.25) is 5.60 Å². The van der Waals surface area contributed by atoms with Crippen molar-refractivity contribution in [1.29, 1.82) is 5.26 Å². The number of anilines is 1. The molecule has 0 saturated carbocycles. The molecule has 1 atom stereocenters. The van der Waals surface area contributed by atoms with E-state index in [1.807, 2.05) is 31.3 Å². The summed E-state index contributed by atoms with van der Waals surface area (Å²) in [5, 5.41) is 22.0. The topological polar surface area (TPSA) is 65.3 Å². The van der Waals surface area contributed by atoms with Crippen LogP contribution in [-0.2, 0) is 10.3 Å². The molecule has 0 bridgehead atoms. The highest BCUT2D eigenvalue weighted by molar-refractivity contribution is 5.50. The summed E-state index contributed by atoms with van der Waals surface area (Å²) in [5.74, 6) is 0.155. The van der Waals surface area contributed by atoms with Gasteiger partial charge >= 0.3 is 0 Å². The first-order valence-electron chi connectivity index (χ1n) is 6.20. The predicted molar refractivity (Wildman–Crippen MR) is 77.5 cm³/mol. The molecule has 0 aliphatic heterocycles. The van der Waals surface area contributed by atoms with Crippen LogP contribution in [0.2, 0.25) is 0 Å². The van der Waals surface area contributed by atoms with Gasteiger partial charge in [0.1, 0.15) is 11.8 Å². The molecule has 0 aromatic heterocycles. The maximum atomic E-state index is 9.63. The largest absolute Gasteiger partial charge is 0.508 e.